The Bertz CT molecular complexity index is 497. The van der Waals surface area contributed by atoms with Crippen LogP contribution in [0.2, 0.25) is 0 Å². The van der Waals surface area contributed by atoms with Gasteiger partial charge in [0.15, 0.2) is 0 Å². The molecule has 0 saturated carbocycles. The van der Waals surface area contributed by atoms with Gasteiger partial charge in [0.05, 0.1) is 6.04 Å². The largest absolute Gasteiger partial charge is 0.381 e. The number of carbonyl (C=O) groups is 1. The Labute approximate surface area is 136 Å². The van der Waals surface area contributed by atoms with Crippen molar-refractivity contribution in [3.8, 4) is 0 Å². The highest BCUT2D eigenvalue weighted by molar-refractivity contribution is 7.99. The minimum absolute atomic E-state index is 0.0275. The van der Waals surface area contributed by atoms with E-state index in [0.29, 0.717) is 5.25 Å². The molecular weight excluding hydrogens is 296 g/mol. The highest BCUT2D eigenvalue weighted by Crippen LogP contribution is 2.26. The maximum Gasteiger partial charge on any atom is 0.241 e. The van der Waals surface area contributed by atoms with E-state index in [1.165, 1.54) is 5.56 Å². The topological polar surface area (TPSA) is 50.4 Å². The van der Waals surface area contributed by atoms with Crippen LogP contribution in [0.15, 0.2) is 24.3 Å². The van der Waals surface area contributed by atoms with E-state index in [0.717, 1.165) is 56.9 Å². The van der Waals surface area contributed by atoms with Crippen molar-refractivity contribution in [1.29, 1.82) is 0 Å². The summed E-state index contributed by atoms with van der Waals surface area (Å²) < 4.78 is 5.40. The van der Waals surface area contributed by atoms with Crippen molar-refractivity contribution in [3.63, 3.8) is 0 Å². The molecule has 4 nitrogen and oxygen atoms in total. The monoisotopic (exact) mass is 320 g/mol. The quantitative estimate of drug-likeness (QED) is 0.876. The molecule has 5 heteroatoms. The van der Waals surface area contributed by atoms with Crippen LogP contribution in [0.1, 0.15) is 31.2 Å². The van der Waals surface area contributed by atoms with Crippen LogP contribution >= 0.6 is 11.8 Å². The zero-order chi connectivity index (χ0) is 15.2. The number of rotatable bonds is 5. The fourth-order valence-electron chi connectivity index (χ4n) is 2.93. The Hall–Kier alpha value is -1.04. The third kappa shape index (κ3) is 4.48. The predicted molar refractivity (Wildman–Crippen MR) is 91.2 cm³/mol. The Kier molecular flexibility index (Phi) is 5.76. The van der Waals surface area contributed by atoms with Gasteiger partial charge in [-0.05, 0) is 49.9 Å². The summed E-state index contributed by atoms with van der Waals surface area (Å²) >= 11 is 2.00. The van der Waals surface area contributed by atoms with E-state index in [1.807, 2.05) is 23.9 Å². The number of nitrogens with one attached hydrogen (secondary N) is 2. The van der Waals surface area contributed by atoms with Gasteiger partial charge in [-0.15, -0.1) is 0 Å². The number of anilines is 1. The molecule has 1 aromatic carbocycles. The molecule has 0 bridgehead atoms. The minimum Gasteiger partial charge on any atom is -0.381 e. The van der Waals surface area contributed by atoms with Crippen LogP contribution in [-0.4, -0.2) is 37.0 Å². The highest BCUT2D eigenvalue weighted by atomic mass is 32.2. The number of benzene rings is 1. The summed E-state index contributed by atoms with van der Waals surface area (Å²) in [6.45, 7) is 2.73. The Balaban J connectivity index is 1.51. The van der Waals surface area contributed by atoms with Gasteiger partial charge in [-0.1, -0.05) is 12.1 Å². The van der Waals surface area contributed by atoms with Gasteiger partial charge in [0.25, 0.3) is 0 Å². The first kappa shape index (κ1) is 15.8. The molecule has 0 radical (unpaired) electrons. The lowest BCUT2D eigenvalue weighted by molar-refractivity contribution is -0.117. The first-order valence-electron chi connectivity index (χ1n) is 8.14. The molecule has 2 N–H and O–H groups in total. The Morgan fingerprint density at radius 3 is 2.95 bits per heavy atom. The van der Waals surface area contributed by atoms with E-state index >= 15 is 0 Å². The van der Waals surface area contributed by atoms with E-state index in [2.05, 4.69) is 22.8 Å². The molecule has 0 aliphatic carbocycles. The second kappa shape index (κ2) is 7.99. The number of ether oxygens (including phenoxy) is 1. The van der Waals surface area contributed by atoms with Crippen molar-refractivity contribution in [3.05, 3.63) is 29.8 Å². The van der Waals surface area contributed by atoms with Crippen molar-refractivity contribution >= 4 is 23.4 Å². The van der Waals surface area contributed by atoms with Crippen molar-refractivity contribution in [1.82, 2.24) is 5.32 Å². The Morgan fingerprint density at radius 2 is 2.18 bits per heavy atom. The molecule has 1 unspecified atom stereocenters. The van der Waals surface area contributed by atoms with Gasteiger partial charge in [0, 0.05) is 29.9 Å². The zero-order valence-corrected chi connectivity index (χ0v) is 13.7. The van der Waals surface area contributed by atoms with E-state index in [-0.39, 0.29) is 11.9 Å². The maximum absolute atomic E-state index is 12.1. The SMILES string of the molecule is O=C(Nc1cccc(CSC2CCOCC2)c1)C1CCCN1. The second-order valence-corrected chi connectivity index (χ2v) is 7.25. The number of thioether (sulfide) groups is 1. The number of carbonyl (C=O) groups excluding carboxylic acids is 1. The summed E-state index contributed by atoms with van der Waals surface area (Å²) in [7, 11) is 0. The van der Waals surface area contributed by atoms with Gasteiger partial charge in [-0.2, -0.15) is 11.8 Å². The van der Waals surface area contributed by atoms with Crippen molar-refractivity contribution in [2.24, 2.45) is 0 Å². The zero-order valence-electron chi connectivity index (χ0n) is 12.8. The van der Waals surface area contributed by atoms with Gasteiger partial charge in [-0.3, -0.25) is 4.79 Å². The number of hydrogen-bond donors (Lipinski definition) is 2. The fourth-order valence-corrected chi connectivity index (χ4v) is 4.07. The first-order valence-corrected chi connectivity index (χ1v) is 9.19. The molecule has 22 heavy (non-hydrogen) atoms. The Morgan fingerprint density at radius 1 is 1.32 bits per heavy atom. The predicted octanol–water partition coefficient (Wildman–Crippen LogP) is 2.79. The van der Waals surface area contributed by atoms with Gasteiger partial charge in [0.2, 0.25) is 5.91 Å². The van der Waals surface area contributed by atoms with E-state index < -0.39 is 0 Å². The second-order valence-electron chi connectivity index (χ2n) is 5.96. The van der Waals surface area contributed by atoms with Crippen LogP contribution in [0.4, 0.5) is 5.69 Å². The maximum atomic E-state index is 12.1. The molecule has 1 aromatic rings. The van der Waals surface area contributed by atoms with Crippen LogP contribution in [0.25, 0.3) is 0 Å². The molecule has 0 spiro atoms. The summed E-state index contributed by atoms with van der Waals surface area (Å²) in [5.41, 5.74) is 2.18. The van der Waals surface area contributed by atoms with E-state index in [4.69, 9.17) is 4.74 Å². The summed E-state index contributed by atoms with van der Waals surface area (Å²) in [5, 5.41) is 6.97. The molecule has 3 rings (SSSR count). The molecule has 2 aliphatic rings. The summed E-state index contributed by atoms with van der Waals surface area (Å²) in [6.07, 6.45) is 4.31. The molecule has 1 atom stereocenters. The number of amides is 1. The lowest BCUT2D eigenvalue weighted by atomic mass is 10.2. The highest BCUT2D eigenvalue weighted by Gasteiger charge is 2.21. The molecule has 1 amide bonds. The van der Waals surface area contributed by atoms with E-state index in [9.17, 15) is 4.79 Å². The van der Waals surface area contributed by atoms with Crippen LogP contribution < -0.4 is 10.6 Å². The van der Waals surface area contributed by atoms with Crippen LogP contribution in [-0.2, 0) is 15.3 Å². The summed E-state index contributed by atoms with van der Waals surface area (Å²) in [5.74, 6) is 1.09. The molecule has 2 saturated heterocycles. The molecule has 2 heterocycles. The van der Waals surface area contributed by atoms with Crippen LogP contribution in [0, 0.1) is 0 Å². The first-order chi connectivity index (χ1) is 10.8. The number of hydrogen-bond acceptors (Lipinski definition) is 4. The fraction of sp³-hybridized carbons (Fsp3) is 0.588. The van der Waals surface area contributed by atoms with Crippen molar-refractivity contribution in [2.75, 3.05) is 25.1 Å². The smallest absolute Gasteiger partial charge is 0.241 e. The van der Waals surface area contributed by atoms with Crippen molar-refractivity contribution in [2.45, 2.75) is 42.7 Å². The van der Waals surface area contributed by atoms with Gasteiger partial charge < -0.3 is 15.4 Å². The van der Waals surface area contributed by atoms with Gasteiger partial charge in [-0.25, -0.2) is 0 Å². The van der Waals surface area contributed by atoms with E-state index in [1.54, 1.807) is 0 Å². The lowest BCUT2D eigenvalue weighted by Gasteiger charge is -2.21. The van der Waals surface area contributed by atoms with Gasteiger partial charge >= 0.3 is 0 Å². The third-order valence-corrected chi connectivity index (χ3v) is 5.67. The average molecular weight is 320 g/mol. The molecule has 2 aliphatic heterocycles. The average Bonchev–Trinajstić information content (AvgIpc) is 3.09. The van der Waals surface area contributed by atoms with Crippen LogP contribution in [0.3, 0.4) is 0 Å². The minimum atomic E-state index is -0.0275. The molecule has 2 fully saturated rings. The summed E-state index contributed by atoms with van der Waals surface area (Å²) in [6, 6.07) is 8.20. The third-order valence-electron chi connectivity index (χ3n) is 4.23. The van der Waals surface area contributed by atoms with Crippen LogP contribution in [0.5, 0.6) is 0 Å². The van der Waals surface area contributed by atoms with Crippen molar-refractivity contribution < 1.29 is 9.53 Å². The molecular formula is C17H24N2O2S. The summed E-state index contributed by atoms with van der Waals surface area (Å²) in [4.78, 5) is 12.1. The normalized spacial score (nSPS) is 22.6. The molecule has 0 aromatic heterocycles. The lowest BCUT2D eigenvalue weighted by Crippen LogP contribution is -2.35. The molecule has 120 valence electrons. The standard InChI is InChI=1S/C17H24N2O2S/c20-17(16-5-2-8-18-16)19-14-4-1-3-13(11-14)12-22-15-6-9-21-10-7-15/h1,3-4,11,15-16,18H,2,5-10,12H2,(H,19,20). The van der Waals surface area contributed by atoms with Gasteiger partial charge in [0.1, 0.15) is 0 Å².